The van der Waals surface area contributed by atoms with Crippen LogP contribution in [0.5, 0.6) is 0 Å². The molecule has 1 rings (SSSR count). The van der Waals surface area contributed by atoms with Crippen LogP contribution in [0.4, 0.5) is 0 Å². The maximum Gasteiger partial charge on any atom is 0.242 e. The molecule has 0 bridgehead atoms. The highest BCUT2D eigenvalue weighted by molar-refractivity contribution is 5.82. The standard InChI is InChI=1S/C18H30N4O3/c1-7-12(2)17(18(24)19-5)21-13(3)15-9-8-10-22(15)16(23)11-20-14(4)25-6/h7,12,15,17,20-21H,1,3-4,8-11H2,2,5-6H3,(H,19,24)/t12?,15-,17+/m0/s1. The van der Waals surface area contributed by atoms with Crippen LogP contribution in [0, 0.1) is 5.92 Å². The first-order chi connectivity index (χ1) is 11.8. The van der Waals surface area contributed by atoms with E-state index >= 15 is 0 Å². The van der Waals surface area contributed by atoms with Crippen LogP contribution in [0.3, 0.4) is 0 Å². The molecule has 1 unspecified atom stereocenters. The van der Waals surface area contributed by atoms with E-state index in [1.54, 1.807) is 18.0 Å². The van der Waals surface area contributed by atoms with Crippen molar-refractivity contribution in [3.8, 4) is 0 Å². The monoisotopic (exact) mass is 350 g/mol. The number of carbonyl (C=O) groups is 2. The molecule has 7 heteroatoms. The number of nitrogens with one attached hydrogen (secondary N) is 3. The average molecular weight is 350 g/mol. The Morgan fingerprint density at radius 2 is 2.08 bits per heavy atom. The van der Waals surface area contributed by atoms with Gasteiger partial charge in [0.25, 0.3) is 0 Å². The molecule has 0 aromatic rings. The lowest BCUT2D eigenvalue weighted by Gasteiger charge is -2.31. The molecule has 25 heavy (non-hydrogen) atoms. The summed E-state index contributed by atoms with van der Waals surface area (Å²) in [6, 6.07) is -0.617. The zero-order valence-corrected chi connectivity index (χ0v) is 15.4. The maximum atomic E-state index is 12.4. The van der Waals surface area contributed by atoms with Gasteiger partial charge in [0.05, 0.1) is 19.7 Å². The predicted octanol–water partition coefficient (Wildman–Crippen LogP) is 0.725. The van der Waals surface area contributed by atoms with Gasteiger partial charge in [-0.2, -0.15) is 0 Å². The Morgan fingerprint density at radius 3 is 2.64 bits per heavy atom. The van der Waals surface area contributed by atoms with Crippen molar-refractivity contribution in [2.24, 2.45) is 5.92 Å². The summed E-state index contributed by atoms with van der Waals surface area (Å²) in [5, 5.41) is 8.66. The fourth-order valence-corrected chi connectivity index (χ4v) is 2.80. The number of methoxy groups -OCH3 is 1. The number of carbonyl (C=O) groups excluding carboxylic acids is 2. The summed E-state index contributed by atoms with van der Waals surface area (Å²) in [7, 11) is 3.08. The van der Waals surface area contributed by atoms with Crippen LogP contribution in [0.1, 0.15) is 19.8 Å². The van der Waals surface area contributed by atoms with Crippen molar-refractivity contribution in [1.82, 2.24) is 20.9 Å². The average Bonchev–Trinajstić information content (AvgIpc) is 3.12. The Balaban J connectivity index is 2.74. The van der Waals surface area contributed by atoms with Gasteiger partial charge < -0.3 is 25.6 Å². The molecule has 0 aromatic heterocycles. The van der Waals surface area contributed by atoms with E-state index in [1.165, 1.54) is 7.11 Å². The number of nitrogens with zero attached hydrogens (tertiary/aromatic N) is 1. The highest BCUT2D eigenvalue weighted by Crippen LogP contribution is 2.22. The van der Waals surface area contributed by atoms with Gasteiger partial charge in [-0.05, 0) is 19.4 Å². The van der Waals surface area contributed by atoms with Crippen LogP contribution in [0.2, 0.25) is 0 Å². The van der Waals surface area contributed by atoms with E-state index in [1.807, 2.05) is 6.92 Å². The molecule has 0 spiro atoms. The maximum absolute atomic E-state index is 12.4. The van der Waals surface area contributed by atoms with Crippen molar-refractivity contribution < 1.29 is 14.3 Å². The molecule has 0 aromatic carbocycles. The van der Waals surface area contributed by atoms with E-state index in [9.17, 15) is 9.59 Å². The first-order valence-electron chi connectivity index (χ1n) is 8.41. The Hall–Kier alpha value is -2.44. The van der Waals surface area contributed by atoms with Gasteiger partial charge in [-0.25, -0.2) is 0 Å². The van der Waals surface area contributed by atoms with E-state index in [0.29, 0.717) is 18.1 Å². The van der Waals surface area contributed by atoms with E-state index in [2.05, 4.69) is 35.7 Å². The number of rotatable bonds is 10. The van der Waals surface area contributed by atoms with E-state index < -0.39 is 6.04 Å². The van der Waals surface area contributed by atoms with Crippen molar-refractivity contribution in [1.29, 1.82) is 0 Å². The smallest absolute Gasteiger partial charge is 0.242 e. The highest BCUT2D eigenvalue weighted by atomic mass is 16.5. The number of likely N-dealkylation sites (tertiary alicyclic amines) is 1. The fourth-order valence-electron chi connectivity index (χ4n) is 2.80. The minimum atomic E-state index is -0.473. The molecule has 2 amide bonds. The van der Waals surface area contributed by atoms with Crippen LogP contribution in [-0.2, 0) is 14.3 Å². The first-order valence-corrected chi connectivity index (χ1v) is 8.41. The van der Waals surface area contributed by atoms with Gasteiger partial charge in [-0.15, -0.1) is 6.58 Å². The van der Waals surface area contributed by atoms with Gasteiger partial charge in [0.15, 0.2) is 5.88 Å². The lowest BCUT2D eigenvalue weighted by molar-refractivity contribution is -0.130. The molecule has 0 saturated carbocycles. The number of hydrogen-bond acceptors (Lipinski definition) is 5. The molecule has 3 atom stereocenters. The lowest BCUT2D eigenvalue weighted by Crippen LogP contribution is -2.50. The molecule has 140 valence electrons. The molecule has 1 saturated heterocycles. The number of hydrogen-bond donors (Lipinski definition) is 3. The summed E-state index contributed by atoms with van der Waals surface area (Å²) in [5.41, 5.74) is 0.665. The van der Waals surface area contributed by atoms with Gasteiger partial charge >= 0.3 is 0 Å². The molecule has 1 aliphatic rings. The van der Waals surface area contributed by atoms with Gasteiger partial charge in [-0.1, -0.05) is 19.6 Å². The van der Waals surface area contributed by atoms with Gasteiger partial charge in [0, 0.05) is 25.2 Å². The third-order valence-electron chi connectivity index (χ3n) is 4.43. The lowest BCUT2D eigenvalue weighted by atomic mass is 10.00. The highest BCUT2D eigenvalue weighted by Gasteiger charge is 2.33. The summed E-state index contributed by atoms with van der Waals surface area (Å²) < 4.78 is 4.91. The largest absolute Gasteiger partial charge is 0.483 e. The van der Waals surface area contributed by atoms with Crippen molar-refractivity contribution in [2.45, 2.75) is 31.8 Å². The third kappa shape index (κ3) is 5.55. The Labute approximate surface area is 150 Å². The normalized spacial score (nSPS) is 18.7. The summed E-state index contributed by atoms with van der Waals surface area (Å²) >= 11 is 0. The van der Waals surface area contributed by atoms with Gasteiger partial charge in [-0.3, -0.25) is 9.59 Å². The Morgan fingerprint density at radius 1 is 1.40 bits per heavy atom. The minimum Gasteiger partial charge on any atom is -0.483 e. The van der Waals surface area contributed by atoms with Crippen molar-refractivity contribution in [3.63, 3.8) is 0 Å². The van der Waals surface area contributed by atoms with Crippen molar-refractivity contribution in [2.75, 3.05) is 27.2 Å². The molecular formula is C18H30N4O3. The summed E-state index contributed by atoms with van der Waals surface area (Å²) in [6.45, 7) is 14.1. The molecule has 0 aliphatic carbocycles. The second-order valence-corrected chi connectivity index (χ2v) is 6.08. The van der Waals surface area contributed by atoms with Crippen molar-refractivity contribution >= 4 is 11.8 Å². The van der Waals surface area contributed by atoms with Crippen LogP contribution in [-0.4, -0.2) is 56.0 Å². The molecular weight excluding hydrogens is 320 g/mol. The second-order valence-electron chi connectivity index (χ2n) is 6.08. The molecule has 7 nitrogen and oxygen atoms in total. The van der Waals surface area contributed by atoms with E-state index in [4.69, 9.17) is 4.74 Å². The summed E-state index contributed by atoms with van der Waals surface area (Å²) in [5.74, 6) is 0.0777. The Bertz CT molecular complexity index is 532. The quantitative estimate of drug-likeness (QED) is 0.400. The zero-order valence-electron chi connectivity index (χ0n) is 15.4. The molecule has 3 N–H and O–H groups in total. The Kier molecular flexibility index (Phi) is 8.04. The van der Waals surface area contributed by atoms with E-state index in [0.717, 1.165) is 12.8 Å². The molecule has 1 aliphatic heterocycles. The number of ether oxygens (including phenoxy) is 1. The number of likely N-dealkylation sites (N-methyl/N-ethyl adjacent to an activating group) is 1. The van der Waals surface area contributed by atoms with Crippen LogP contribution < -0.4 is 16.0 Å². The molecule has 1 heterocycles. The predicted molar refractivity (Wildman–Crippen MR) is 98.4 cm³/mol. The minimum absolute atomic E-state index is 0.0584. The summed E-state index contributed by atoms with van der Waals surface area (Å²) in [4.78, 5) is 26.3. The molecule has 0 radical (unpaired) electrons. The van der Waals surface area contributed by atoms with Crippen LogP contribution >= 0.6 is 0 Å². The van der Waals surface area contributed by atoms with Crippen LogP contribution in [0.15, 0.2) is 37.4 Å². The van der Waals surface area contributed by atoms with Crippen LogP contribution in [0.25, 0.3) is 0 Å². The molecule has 1 fully saturated rings. The summed E-state index contributed by atoms with van der Waals surface area (Å²) in [6.07, 6.45) is 3.42. The van der Waals surface area contributed by atoms with Gasteiger partial charge in [0.2, 0.25) is 11.8 Å². The zero-order chi connectivity index (χ0) is 19.0. The fraction of sp³-hybridized carbons (Fsp3) is 0.556. The topological polar surface area (TPSA) is 82.7 Å². The number of amides is 2. The third-order valence-corrected chi connectivity index (χ3v) is 4.43. The first kappa shape index (κ1) is 20.6. The van der Waals surface area contributed by atoms with Gasteiger partial charge in [0.1, 0.15) is 6.04 Å². The second kappa shape index (κ2) is 9.76. The SMILES string of the molecule is C=CC(C)[C@@H](NC(=C)[C@@H]1CCCN1C(=O)CNC(=C)OC)C(=O)NC. The van der Waals surface area contributed by atoms with E-state index in [-0.39, 0.29) is 30.3 Å². The van der Waals surface area contributed by atoms with Crippen molar-refractivity contribution in [3.05, 3.63) is 37.4 Å².